The summed E-state index contributed by atoms with van der Waals surface area (Å²) in [4.78, 5) is 11.5. The normalized spacial score (nSPS) is 10.8. The molecular formula is C10H7Cl2N5O. The lowest BCUT2D eigenvalue weighted by molar-refractivity contribution is -0.111. The van der Waals surface area contributed by atoms with Gasteiger partial charge in [-0.1, -0.05) is 34.4 Å². The molecule has 0 spiro atoms. The number of carbonyl (C=O) groups excluding carboxylic acids is 1. The van der Waals surface area contributed by atoms with Crippen LogP contribution in [0.5, 0.6) is 0 Å². The zero-order valence-corrected chi connectivity index (χ0v) is 10.4. The lowest BCUT2D eigenvalue weighted by Crippen LogP contribution is -2.09. The van der Waals surface area contributed by atoms with Gasteiger partial charge in [0.25, 0.3) is 11.9 Å². The van der Waals surface area contributed by atoms with Gasteiger partial charge in [-0.05, 0) is 23.4 Å². The van der Waals surface area contributed by atoms with Crippen LogP contribution in [0, 0.1) is 0 Å². The minimum Gasteiger partial charge on any atom is -0.288 e. The standard InChI is InChI=1S/C10H7Cl2N5O/c11-7-2-1-3-8(12)6(7)4-5-9(18)13-10-14-16-17-15-10/h1-5H,(H2,13,14,15,16,17,18)/b5-4+. The second-order valence-electron chi connectivity index (χ2n) is 3.19. The summed E-state index contributed by atoms with van der Waals surface area (Å²) < 4.78 is 0. The van der Waals surface area contributed by atoms with Crippen molar-refractivity contribution in [3.63, 3.8) is 0 Å². The van der Waals surface area contributed by atoms with E-state index >= 15 is 0 Å². The quantitative estimate of drug-likeness (QED) is 0.846. The third kappa shape index (κ3) is 3.06. The number of anilines is 1. The number of halogens is 2. The summed E-state index contributed by atoms with van der Waals surface area (Å²) in [6, 6.07) is 5.09. The first kappa shape index (κ1) is 12.5. The fraction of sp³-hybridized carbons (Fsp3) is 0. The molecule has 1 aromatic carbocycles. The van der Waals surface area contributed by atoms with E-state index in [2.05, 4.69) is 25.9 Å². The van der Waals surface area contributed by atoms with E-state index in [1.807, 2.05) is 0 Å². The summed E-state index contributed by atoms with van der Waals surface area (Å²) >= 11 is 11.9. The predicted molar refractivity (Wildman–Crippen MR) is 68.3 cm³/mol. The molecule has 0 saturated heterocycles. The molecule has 0 unspecified atom stereocenters. The molecule has 0 aliphatic rings. The van der Waals surface area contributed by atoms with Crippen LogP contribution in [0.3, 0.4) is 0 Å². The van der Waals surface area contributed by atoms with Crippen molar-refractivity contribution in [1.29, 1.82) is 0 Å². The predicted octanol–water partition coefficient (Wildman–Crippen LogP) is 2.16. The number of aromatic amines is 1. The molecule has 2 rings (SSSR count). The molecule has 1 amide bonds. The summed E-state index contributed by atoms with van der Waals surface area (Å²) in [7, 11) is 0. The number of nitrogens with zero attached hydrogens (tertiary/aromatic N) is 3. The van der Waals surface area contributed by atoms with Crippen LogP contribution in [0.1, 0.15) is 5.56 Å². The maximum Gasteiger partial charge on any atom is 0.270 e. The summed E-state index contributed by atoms with van der Waals surface area (Å²) in [5, 5.41) is 16.0. The number of hydrogen-bond donors (Lipinski definition) is 2. The molecule has 0 aliphatic heterocycles. The average Bonchev–Trinajstić information content (AvgIpc) is 2.81. The van der Waals surface area contributed by atoms with E-state index in [1.165, 1.54) is 12.2 Å². The molecule has 0 aliphatic carbocycles. The SMILES string of the molecule is O=C(/C=C/c1c(Cl)cccc1Cl)Nc1nn[nH]n1. The Bertz CT molecular complexity index is 562. The third-order valence-corrected chi connectivity index (χ3v) is 2.64. The number of rotatable bonds is 3. The van der Waals surface area contributed by atoms with E-state index in [1.54, 1.807) is 18.2 Å². The number of aromatic nitrogens is 4. The Labute approximate surface area is 112 Å². The molecule has 1 heterocycles. The van der Waals surface area contributed by atoms with Gasteiger partial charge in [-0.15, -0.1) is 5.10 Å². The van der Waals surface area contributed by atoms with Gasteiger partial charge in [-0.25, -0.2) is 0 Å². The van der Waals surface area contributed by atoms with Crippen LogP contribution in [0.15, 0.2) is 24.3 Å². The van der Waals surface area contributed by atoms with Gasteiger partial charge in [-0.3, -0.25) is 10.1 Å². The van der Waals surface area contributed by atoms with Gasteiger partial charge >= 0.3 is 0 Å². The molecule has 2 N–H and O–H groups in total. The van der Waals surface area contributed by atoms with Crippen molar-refractivity contribution in [2.24, 2.45) is 0 Å². The molecule has 6 nitrogen and oxygen atoms in total. The number of H-pyrrole nitrogens is 1. The smallest absolute Gasteiger partial charge is 0.270 e. The Morgan fingerprint density at radius 1 is 1.33 bits per heavy atom. The van der Waals surface area contributed by atoms with E-state index < -0.39 is 5.91 Å². The van der Waals surface area contributed by atoms with Gasteiger partial charge in [0, 0.05) is 21.7 Å². The van der Waals surface area contributed by atoms with Crippen molar-refractivity contribution in [3.8, 4) is 0 Å². The van der Waals surface area contributed by atoms with Crippen molar-refractivity contribution in [2.45, 2.75) is 0 Å². The number of nitrogens with one attached hydrogen (secondary N) is 2. The fourth-order valence-corrected chi connectivity index (χ4v) is 1.72. The second kappa shape index (κ2) is 5.61. The Balaban J connectivity index is 2.09. The van der Waals surface area contributed by atoms with Crippen LogP contribution < -0.4 is 5.32 Å². The number of benzene rings is 1. The Kier molecular flexibility index (Phi) is 3.91. The van der Waals surface area contributed by atoms with E-state index in [4.69, 9.17) is 23.2 Å². The van der Waals surface area contributed by atoms with Crippen LogP contribution in [0.25, 0.3) is 6.08 Å². The zero-order chi connectivity index (χ0) is 13.0. The highest BCUT2D eigenvalue weighted by Gasteiger charge is 2.04. The van der Waals surface area contributed by atoms with Crippen LogP contribution in [0.2, 0.25) is 10.0 Å². The highest BCUT2D eigenvalue weighted by molar-refractivity contribution is 6.37. The van der Waals surface area contributed by atoms with Gasteiger partial charge < -0.3 is 0 Å². The molecule has 92 valence electrons. The molecule has 0 atom stereocenters. The molecule has 18 heavy (non-hydrogen) atoms. The minimum atomic E-state index is -0.410. The van der Waals surface area contributed by atoms with Gasteiger partial charge in [0.2, 0.25) is 0 Å². The van der Waals surface area contributed by atoms with Gasteiger partial charge in [0.05, 0.1) is 0 Å². The number of tetrazole rings is 1. The number of amides is 1. The van der Waals surface area contributed by atoms with E-state index in [9.17, 15) is 4.79 Å². The van der Waals surface area contributed by atoms with Crippen LogP contribution in [-0.4, -0.2) is 26.5 Å². The lowest BCUT2D eigenvalue weighted by Gasteiger charge is -2.00. The molecule has 1 aromatic heterocycles. The first-order valence-corrected chi connectivity index (χ1v) is 5.59. The first-order valence-electron chi connectivity index (χ1n) is 4.83. The van der Waals surface area contributed by atoms with Crippen LogP contribution in [-0.2, 0) is 4.79 Å². The maximum atomic E-state index is 11.5. The zero-order valence-electron chi connectivity index (χ0n) is 8.89. The largest absolute Gasteiger partial charge is 0.288 e. The average molecular weight is 284 g/mol. The molecule has 0 fully saturated rings. The van der Waals surface area contributed by atoms with Gasteiger partial charge in [0.15, 0.2) is 0 Å². The first-order chi connectivity index (χ1) is 8.66. The van der Waals surface area contributed by atoms with Crippen molar-refractivity contribution in [1.82, 2.24) is 20.6 Å². The van der Waals surface area contributed by atoms with Crippen molar-refractivity contribution in [2.75, 3.05) is 5.32 Å². The van der Waals surface area contributed by atoms with Crippen molar-refractivity contribution >= 4 is 41.1 Å². The number of hydrogen-bond acceptors (Lipinski definition) is 4. The van der Waals surface area contributed by atoms with Crippen LogP contribution in [0.4, 0.5) is 5.95 Å². The Morgan fingerprint density at radius 2 is 2.06 bits per heavy atom. The number of carbonyl (C=O) groups is 1. The molecule has 0 bridgehead atoms. The third-order valence-electron chi connectivity index (χ3n) is 1.98. The Hall–Kier alpha value is -1.92. The van der Waals surface area contributed by atoms with Gasteiger partial charge in [-0.2, -0.15) is 5.21 Å². The molecule has 0 saturated carbocycles. The van der Waals surface area contributed by atoms with E-state index in [0.29, 0.717) is 15.6 Å². The fourth-order valence-electron chi connectivity index (χ4n) is 1.20. The lowest BCUT2D eigenvalue weighted by atomic mass is 10.2. The summed E-state index contributed by atoms with van der Waals surface area (Å²) in [6.07, 6.45) is 2.80. The summed E-state index contributed by atoms with van der Waals surface area (Å²) in [5.74, 6) is -0.317. The molecule has 2 aromatic rings. The van der Waals surface area contributed by atoms with Crippen LogP contribution >= 0.6 is 23.2 Å². The molecular weight excluding hydrogens is 277 g/mol. The van der Waals surface area contributed by atoms with E-state index in [-0.39, 0.29) is 5.95 Å². The highest BCUT2D eigenvalue weighted by atomic mass is 35.5. The summed E-state index contributed by atoms with van der Waals surface area (Å²) in [6.45, 7) is 0. The van der Waals surface area contributed by atoms with Crippen molar-refractivity contribution in [3.05, 3.63) is 39.9 Å². The monoisotopic (exact) mass is 283 g/mol. The molecule has 0 radical (unpaired) electrons. The van der Waals surface area contributed by atoms with Crippen molar-refractivity contribution < 1.29 is 4.79 Å². The topological polar surface area (TPSA) is 83.6 Å². The minimum absolute atomic E-state index is 0.0925. The maximum absolute atomic E-state index is 11.5. The second-order valence-corrected chi connectivity index (χ2v) is 4.01. The van der Waals surface area contributed by atoms with Gasteiger partial charge in [0.1, 0.15) is 0 Å². The molecule has 8 heteroatoms. The summed E-state index contributed by atoms with van der Waals surface area (Å²) in [5.41, 5.74) is 0.573. The Morgan fingerprint density at radius 3 is 2.67 bits per heavy atom. The van der Waals surface area contributed by atoms with E-state index in [0.717, 1.165) is 0 Å². The highest BCUT2D eigenvalue weighted by Crippen LogP contribution is 2.25.